The fourth-order valence-corrected chi connectivity index (χ4v) is 3.20. The molecule has 0 radical (unpaired) electrons. The SMILES string of the molecule is COC1CCCC(NC(C)Cc2cccc(Cl)c2)C1. The van der Waals surface area contributed by atoms with Gasteiger partial charge in [-0.3, -0.25) is 0 Å². The predicted molar refractivity (Wildman–Crippen MR) is 80.8 cm³/mol. The van der Waals surface area contributed by atoms with E-state index < -0.39 is 0 Å². The van der Waals surface area contributed by atoms with Crippen LogP contribution in [0.1, 0.15) is 38.2 Å². The Labute approximate surface area is 121 Å². The lowest BCUT2D eigenvalue weighted by Gasteiger charge is -2.31. The molecule has 106 valence electrons. The van der Waals surface area contributed by atoms with Crippen molar-refractivity contribution >= 4 is 11.6 Å². The van der Waals surface area contributed by atoms with Gasteiger partial charge in [0.15, 0.2) is 0 Å². The van der Waals surface area contributed by atoms with Crippen molar-refractivity contribution in [1.29, 1.82) is 0 Å². The molecule has 2 rings (SSSR count). The molecule has 0 aliphatic heterocycles. The predicted octanol–water partition coefficient (Wildman–Crippen LogP) is 3.82. The molecular formula is C16H24ClNO. The third-order valence-electron chi connectivity index (χ3n) is 3.91. The van der Waals surface area contributed by atoms with E-state index in [9.17, 15) is 0 Å². The van der Waals surface area contributed by atoms with Gasteiger partial charge in [-0.25, -0.2) is 0 Å². The van der Waals surface area contributed by atoms with Crippen molar-refractivity contribution in [2.24, 2.45) is 0 Å². The summed E-state index contributed by atoms with van der Waals surface area (Å²) in [4.78, 5) is 0. The van der Waals surface area contributed by atoms with E-state index in [1.54, 1.807) is 0 Å². The van der Waals surface area contributed by atoms with Gasteiger partial charge in [-0.05, 0) is 56.7 Å². The van der Waals surface area contributed by atoms with Crippen molar-refractivity contribution in [3.63, 3.8) is 0 Å². The number of halogens is 1. The highest BCUT2D eigenvalue weighted by atomic mass is 35.5. The summed E-state index contributed by atoms with van der Waals surface area (Å²) in [5.41, 5.74) is 1.30. The van der Waals surface area contributed by atoms with Crippen LogP contribution in [-0.4, -0.2) is 25.3 Å². The first-order valence-corrected chi connectivity index (χ1v) is 7.58. The van der Waals surface area contributed by atoms with Gasteiger partial charge in [0, 0.05) is 24.2 Å². The number of methoxy groups -OCH3 is 1. The molecule has 0 spiro atoms. The molecule has 1 fully saturated rings. The van der Waals surface area contributed by atoms with Crippen LogP contribution in [0.5, 0.6) is 0 Å². The van der Waals surface area contributed by atoms with Gasteiger partial charge in [-0.2, -0.15) is 0 Å². The molecule has 1 aromatic rings. The summed E-state index contributed by atoms with van der Waals surface area (Å²) in [5.74, 6) is 0. The molecule has 0 heterocycles. The third-order valence-corrected chi connectivity index (χ3v) is 4.15. The van der Waals surface area contributed by atoms with E-state index in [0.29, 0.717) is 18.2 Å². The van der Waals surface area contributed by atoms with Gasteiger partial charge in [0.05, 0.1) is 6.10 Å². The van der Waals surface area contributed by atoms with Crippen molar-refractivity contribution in [3.05, 3.63) is 34.9 Å². The minimum absolute atomic E-state index is 0.435. The van der Waals surface area contributed by atoms with E-state index in [1.165, 1.54) is 24.8 Å². The quantitative estimate of drug-likeness (QED) is 0.886. The number of benzene rings is 1. The van der Waals surface area contributed by atoms with Crippen LogP contribution in [0.4, 0.5) is 0 Å². The van der Waals surface area contributed by atoms with Crippen LogP contribution in [0.2, 0.25) is 5.02 Å². The molecule has 0 bridgehead atoms. The molecule has 1 aliphatic rings. The van der Waals surface area contributed by atoms with E-state index in [0.717, 1.165) is 17.9 Å². The molecule has 0 saturated heterocycles. The van der Waals surface area contributed by atoms with Gasteiger partial charge in [0.1, 0.15) is 0 Å². The maximum Gasteiger partial charge on any atom is 0.0586 e. The van der Waals surface area contributed by atoms with Gasteiger partial charge in [-0.1, -0.05) is 23.7 Å². The molecule has 3 atom stereocenters. The Bertz CT molecular complexity index is 396. The van der Waals surface area contributed by atoms with Crippen molar-refractivity contribution in [2.45, 2.75) is 57.2 Å². The summed E-state index contributed by atoms with van der Waals surface area (Å²) in [7, 11) is 1.82. The van der Waals surface area contributed by atoms with Crippen LogP contribution in [0.25, 0.3) is 0 Å². The van der Waals surface area contributed by atoms with Crippen LogP contribution < -0.4 is 5.32 Å². The van der Waals surface area contributed by atoms with Gasteiger partial charge >= 0.3 is 0 Å². The van der Waals surface area contributed by atoms with Crippen LogP contribution in [0, 0.1) is 0 Å². The van der Waals surface area contributed by atoms with Gasteiger partial charge in [-0.15, -0.1) is 0 Å². The topological polar surface area (TPSA) is 21.3 Å². The molecule has 0 aromatic heterocycles. The lowest BCUT2D eigenvalue weighted by molar-refractivity contribution is 0.0573. The second-order valence-corrected chi connectivity index (χ2v) is 6.06. The molecular weight excluding hydrogens is 258 g/mol. The summed E-state index contributed by atoms with van der Waals surface area (Å²) in [6.45, 7) is 2.25. The maximum atomic E-state index is 6.02. The normalized spacial score (nSPS) is 25.2. The number of ether oxygens (including phenoxy) is 1. The number of nitrogens with one attached hydrogen (secondary N) is 1. The second-order valence-electron chi connectivity index (χ2n) is 5.62. The fourth-order valence-electron chi connectivity index (χ4n) is 2.99. The Kier molecular flexibility index (Phi) is 5.68. The number of rotatable bonds is 5. The second kappa shape index (κ2) is 7.28. The van der Waals surface area contributed by atoms with Crippen LogP contribution >= 0.6 is 11.6 Å². The van der Waals surface area contributed by atoms with Crippen molar-refractivity contribution in [2.75, 3.05) is 7.11 Å². The molecule has 19 heavy (non-hydrogen) atoms. The zero-order valence-electron chi connectivity index (χ0n) is 11.9. The summed E-state index contributed by atoms with van der Waals surface area (Å²) in [5, 5.41) is 4.55. The zero-order valence-corrected chi connectivity index (χ0v) is 12.6. The van der Waals surface area contributed by atoms with Crippen molar-refractivity contribution in [3.8, 4) is 0 Å². The van der Waals surface area contributed by atoms with Gasteiger partial charge < -0.3 is 10.1 Å². The summed E-state index contributed by atoms with van der Waals surface area (Å²) in [6, 6.07) is 9.20. The molecule has 3 heteroatoms. The molecule has 3 unspecified atom stereocenters. The lowest BCUT2D eigenvalue weighted by atomic mass is 9.92. The van der Waals surface area contributed by atoms with Crippen LogP contribution in [-0.2, 0) is 11.2 Å². The minimum Gasteiger partial charge on any atom is -0.381 e. The maximum absolute atomic E-state index is 6.02. The Hall–Kier alpha value is -0.570. The van der Waals surface area contributed by atoms with Gasteiger partial charge in [0.25, 0.3) is 0 Å². The van der Waals surface area contributed by atoms with E-state index in [1.807, 2.05) is 19.2 Å². The van der Waals surface area contributed by atoms with E-state index in [-0.39, 0.29) is 0 Å². The molecule has 0 amide bonds. The molecule has 1 N–H and O–H groups in total. The smallest absolute Gasteiger partial charge is 0.0586 e. The van der Waals surface area contributed by atoms with Crippen LogP contribution in [0.15, 0.2) is 24.3 Å². The third kappa shape index (κ3) is 4.79. The first kappa shape index (κ1) is 14.8. The minimum atomic E-state index is 0.435. The van der Waals surface area contributed by atoms with Crippen LogP contribution in [0.3, 0.4) is 0 Å². The molecule has 1 aliphatic carbocycles. The molecule has 1 saturated carbocycles. The fraction of sp³-hybridized carbons (Fsp3) is 0.625. The Morgan fingerprint density at radius 2 is 2.26 bits per heavy atom. The highest BCUT2D eigenvalue weighted by Crippen LogP contribution is 2.21. The zero-order chi connectivity index (χ0) is 13.7. The Morgan fingerprint density at radius 3 is 3.00 bits per heavy atom. The average Bonchev–Trinajstić information content (AvgIpc) is 2.38. The first-order chi connectivity index (χ1) is 9.17. The van der Waals surface area contributed by atoms with E-state index in [2.05, 4.69) is 24.4 Å². The van der Waals surface area contributed by atoms with Crippen molar-refractivity contribution < 1.29 is 4.74 Å². The summed E-state index contributed by atoms with van der Waals surface area (Å²) in [6.07, 6.45) is 6.33. The lowest BCUT2D eigenvalue weighted by Crippen LogP contribution is -2.42. The Morgan fingerprint density at radius 1 is 1.42 bits per heavy atom. The molecule has 1 aromatic carbocycles. The molecule has 2 nitrogen and oxygen atoms in total. The standard InChI is InChI=1S/C16H24ClNO/c1-12(9-13-5-3-6-14(17)10-13)18-15-7-4-8-16(11-15)19-2/h3,5-6,10,12,15-16,18H,4,7-9,11H2,1-2H3. The summed E-state index contributed by atoms with van der Waals surface area (Å²) >= 11 is 6.02. The Balaban J connectivity index is 1.82. The van der Waals surface area contributed by atoms with Crippen molar-refractivity contribution in [1.82, 2.24) is 5.32 Å². The highest BCUT2D eigenvalue weighted by molar-refractivity contribution is 6.30. The average molecular weight is 282 g/mol. The largest absolute Gasteiger partial charge is 0.381 e. The van der Waals surface area contributed by atoms with E-state index >= 15 is 0 Å². The summed E-state index contributed by atoms with van der Waals surface area (Å²) < 4.78 is 5.48. The monoisotopic (exact) mass is 281 g/mol. The number of hydrogen-bond acceptors (Lipinski definition) is 2. The van der Waals surface area contributed by atoms with E-state index in [4.69, 9.17) is 16.3 Å². The number of hydrogen-bond donors (Lipinski definition) is 1. The van der Waals surface area contributed by atoms with Gasteiger partial charge in [0.2, 0.25) is 0 Å². The highest BCUT2D eigenvalue weighted by Gasteiger charge is 2.22. The first-order valence-electron chi connectivity index (χ1n) is 7.20.